The van der Waals surface area contributed by atoms with Gasteiger partial charge in [-0.15, -0.1) is 0 Å². The molecule has 1 N–H and O–H groups in total. The molecule has 2 unspecified atom stereocenters. The third-order valence-electron chi connectivity index (χ3n) is 4.62. The van der Waals surface area contributed by atoms with E-state index in [1.165, 1.54) is 13.5 Å². The van der Waals surface area contributed by atoms with Gasteiger partial charge in [-0.2, -0.15) is 0 Å². The molecule has 1 aromatic rings. The number of carbonyl (C=O) groups is 2. The van der Waals surface area contributed by atoms with Gasteiger partial charge in [0.1, 0.15) is 0 Å². The Balaban J connectivity index is 1.79. The lowest BCUT2D eigenvalue weighted by atomic mass is 9.86. The molecule has 1 aromatic carbocycles. The number of ether oxygens (including phenoxy) is 3. The zero-order chi connectivity index (χ0) is 18.2. The summed E-state index contributed by atoms with van der Waals surface area (Å²) in [5.41, 5.74) is 0.740. The van der Waals surface area contributed by atoms with E-state index in [0.29, 0.717) is 17.4 Å². The van der Waals surface area contributed by atoms with Gasteiger partial charge >= 0.3 is 5.97 Å². The summed E-state index contributed by atoms with van der Waals surface area (Å²) in [5.74, 6) is 0.941. The normalized spacial score (nSPS) is 19.8. The van der Waals surface area contributed by atoms with Crippen molar-refractivity contribution in [1.82, 2.24) is 5.32 Å². The van der Waals surface area contributed by atoms with Gasteiger partial charge < -0.3 is 19.5 Å². The fourth-order valence-corrected chi connectivity index (χ4v) is 3.13. The average molecular weight is 349 g/mol. The van der Waals surface area contributed by atoms with Crippen molar-refractivity contribution in [2.45, 2.75) is 45.1 Å². The second-order valence-corrected chi connectivity index (χ2v) is 6.46. The molecule has 0 radical (unpaired) electrons. The average Bonchev–Trinajstić information content (AvgIpc) is 2.62. The third-order valence-corrected chi connectivity index (χ3v) is 4.62. The molecule has 1 amide bonds. The first-order chi connectivity index (χ1) is 12.0. The molecule has 1 aliphatic rings. The minimum atomic E-state index is -0.445. The zero-order valence-corrected chi connectivity index (χ0v) is 15.2. The van der Waals surface area contributed by atoms with Gasteiger partial charge in [0, 0.05) is 6.04 Å². The van der Waals surface area contributed by atoms with Crippen LogP contribution in [0.3, 0.4) is 0 Å². The number of amides is 1. The highest BCUT2D eigenvalue weighted by Gasteiger charge is 2.23. The summed E-state index contributed by atoms with van der Waals surface area (Å²) in [5, 5.41) is 2.97. The Kier molecular flexibility index (Phi) is 7.10. The molecule has 0 aliphatic heterocycles. The number of carbonyl (C=O) groups excluding carboxylic acids is 2. The number of hydrogen-bond acceptors (Lipinski definition) is 5. The summed E-state index contributed by atoms with van der Waals surface area (Å²) in [7, 11) is 3.09. The fourth-order valence-electron chi connectivity index (χ4n) is 3.13. The highest BCUT2D eigenvalue weighted by atomic mass is 16.5. The maximum absolute atomic E-state index is 12.0. The molecule has 0 heterocycles. The van der Waals surface area contributed by atoms with Crippen molar-refractivity contribution in [1.29, 1.82) is 0 Å². The minimum Gasteiger partial charge on any atom is -0.493 e. The van der Waals surface area contributed by atoms with Crippen molar-refractivity contribution < 1.29 is 23.8 Å². The fraction of sp³-hybridized carbons (Fsp3) is 0.579. The Hall–Kier alpha value is -2.24. The lowest BCUT2D eigenvalue weighted by molar-refractivity contribution is -0.148. The predicted molar refractivity (Wildman–Crippen MR) is 93.8 cm³/mol. The van der Waals surface area contributed by atoms with Gasteiger partial charge in [-0.05, 0) is 36.5 Å². The van der Waals surface area contributed by atoms with Gasteiger partial charge in [0.25, 0.3) is 5.91 Å². The van der Waals surface area contributed by atoms with Gasteiger partial charge in [0.15, 0.2) is 18.1 Å². The molecule has 0 spiro atoms. The van der Waals surface area contributed by atoms with E-state index < -0.39 is 5.97 Å². The molecule has 1 aliphatic carbocycles. The lowest BCUT2D eigenvalue weighted by Crippen LogP contribution is -2.42. The van der Waals surface area contributed by atoms with Crippen LogP contribution in [0.4, 0.5) is 0 Å². The van der Waals surface area contributed by atoms with Crippen LogP contribution in [0.1, 0.15) is 38.2 Å². The van der Waals surface area contributed by atoms with Crippen LogP contribution in [0.2, 0.25) is 0 Å². The Morgan fingerprint density at radius 2 is 1.84 bits per heavy atom. The van der Waals surface area contributed by atoms with Crippen LogP contribution in [0.15, 0.2) is 18.2 Å². The van der Waals surface area contributed by atoms with Crippen molar-refractivity contribution in [3.05, 3.63) is 23.8 Å². The Morgan fingerprint density at radius 1 is 1.12 bits per heavy atom. The van der Waals surface area contributed by atoms with Gasteiger partial charge in [-0.1, -0.05) is 25.8 Å². The van der Waals surface area contributed by atoms with E-state index in [1.807, 2.05) is 0 Å². The van der Waals surface area contributed by atoms with E-state index in [2.05, 4.69) is 12.2 Å². The molecule has 1 fully saturated rings. The molecular formula is C19H27NO5. The van der Waals surface area contributed by atoms with E-state index in [0.717, 1.165) is 24.8 Å². The first-order valence-electron chi connectivity index (χ1n) is 8.69. The molecular weight excluding hydrogens is 322 g/mol. The Bertz CT molecular complexity index is 601. The Morgan fingerprint density at radius 3 is 2.52 bits per heavy atom. The second-order valence-electron chi connectivity index (χ2n) is 6.46. The largest absolute Gasteiger partial charge is 0.493 e. The van der Waals surface area contributed by atoms with Crippen LogP contribution in [0.25, 0.3) is 0 Å². The first kappa shape index (κ1) is 19.1. The monoisotopic (exact) mass is 349 g/mol. The molecule has 138 valence electrons. The molecule has 2 atom stereocenters. The van der Waals surface area contributed by atoms with Gasteiger partial charge in [0.05, 0.1) is 20.6 Å². The number of nitrogens with one attached hydrogen (secondary N) is 1. The van der Waals surface area contributed by atoms with Crippen LogP contribution in [0.5, 0.6) is 11.5 Å². The van der Waals surface area contributed by atoms with Crippen LogP contribution >= 0.6 is 0 Å². The smallest absolute Gasteiger partial charge is 0.310 e. The summed E-state index contributed by atoms with van der Waals surface area (Å²) in [6.45, 7) is 1.91. The summed E-state index contributed by atoms with van der Waals surface area (Å²) >= 11 is 0. The highest BCUT2D eigenvalue weighted by Crippen LogP contribution is 2.27. The molecule has 1 saturated carbocycles. The number of esters is 1. The molecule has 2 rings (SSSR count). The van der Waals surface area contributed by atoms with E-state index in [9.17, 15) is 9.59 Å². The summed E-state index contributed by atoms with van der Waals surface area (Å²) in [6, 6.07) is 5.42. The van der Waals surface area contributed by atoms with E-state index in [4.69, 9.17) is 14.2 Å². The minimum absolute atomic E-state index is 0.0769. The summed E-state index contributed by atoms with van der Waals surface area (Å²) < 4.78 is 15.5. The van der Waals surface area contributed by atoms with Crippen LogP contribution < -0.4 is 14.8 Å². The van der Waals surface area contributed by atoms with Crippen molar-refractivity contribution in [2.24, 2.45) is 5.92 Å². The van der Waals surface area contributed by atoms with Crippen LogP contribution in [-0.4, -0.2) is 38.7 Å². The highest BCUT2D eigenvalue weighted by molar-refractivity contribution is 5.81. The molecule has 0 bridgehead atoms. The maximum Gasteiger partial charge on any atom is 0.310 e. The number of rotatable bonds is 7. The number of methoxy groups -OCH3 is 2. The van der Waals surface area contributed by atoms with Crippen molar-refractivity contribution in [2.75, 3.05) is 20.8 Å². The van der Waals surface area contributed by atoms with E-state index >= 15 is 0 Å². The topological polar surface area (TPSA) is 73.9 Å². The maximum atomic E-state index is 12.0. The third kappa shape index (κ3) is 5.66. The van der Waals surface area contributed by atoms with E-state index in [-0.39, 0.29) is 25.0 Å². The molecule has 6 heteroatoms. The van der Waals surface area contributed by atoms with Crippen LogP contribution in [0, 0.1) is 5.92 Å². The summed E-state index contributed by atoms with van der Waals surface area (Å²) in [4.78, 5) is 23.9. The lowest BCUT2D eigenvalue weighted by Gasteiger charge is -2.29. The summed E-state index contributed by atoms with van der Waals surface area (Å²) in [6.07, 6.45) is 4.55. The van der Waals surface area contributed by atoms with Gasteiger partial charge in [-0.25, -0.2) is 0 Å². The predicted octanol–water partition coefficient (Wildman–Crippen LogP) is 2.48. The van der Waals surface area contributed by atoms with Gasteiger partial charge in [0.2, 0.25) is 0 Å². The molecule has 0 saturated heterocycles. The SMILES string of the molecule is COc1ccc(CC(=O)OCC(=O)NC2CCCCC2C)cc1OC. The second kappa shape index (κ2) is 9.30. The standard InChI is InChI=1S/C19H27NO5/c1-13-6-4-5-7-15(13)20-18(21)12-25-19(22)11-14-8-9-16(23-2)17(10-14)24-3/h8-10,13,15H,4-7,11-12H2,1-3H3,(H,20,21). The van der Waals surface area contributed by atoms with Crippen molar-refractivity contribution >= 4 is 11.9 Å². The quantitative estimate of drug-likeness (QED) is 0.766. The Labute approximate surface area is 148 Å². The molecule has 0 aromatic heterocycles. The zero-order valence-electron chi connectivity index (χ0n) is 15.2. The number of benzene rings is 1. The number of hydrogen-bond donors (Lipinski definition) is 1. The molecule has 6 nitrogen and oxygen atoms in total. The van der Waals surface area contributed by atoms with E-state index in [1.54, 1.807) is 25.3 Å². The molecule has 25 heavy (non-hydrogen) atoms. The van der Waals surface area contributed by atoms with Gasteiger partial charge in [-0.3, -0.25) is 9.59 Å². The van der Waals surface area contributed by atoms with Crippen LogP contribution in [-0.2, 0) is 20.7 Å². The van der Waals surface area contributed by atoms with Crippen molar-refractivity contribution in [3.63, 3.8) is 0 Å². The van der Waals surface area contributed by atoms with Crippen molar-refractivity contribution in [3.8, 4) is 11.5 Å². The first-order valence-corrected chi connectivity index (χ1v) is 8.69.